The molecule has 0 saturated carbocycles. The van der Waals surface area contributed by atoms with Gasteiger partial charge in [0.05, 0.1) is 0 Å². The molecule has 0 bridgehead atoms. The Morgan fingerprint density at radius 3 is 2.75 bits per heavy atom. The number of aliphatic hydroxyl groups is 1. The van der Waals surface area contributed by atoms with E-state index in [-0.39, 0.29) is 5.56 Å². The van der Waals surface area contributed by atoms with E-state index in [1.54, 1.807) is 11.5 Å². The summed E-state index contributed by atoms with van der Waals surface area (Å²) in [5.41, 5.74) is -0.142. The second-order valence-electron chi connectivity index (χ2n) is 3.30. The topological polar surface area (TPSA) is 25.2 Å². The van der Waals surface area contributed by atoms with Crippen molar-refractivity contribution in [2.24, 2.45) is 0 Å². The van der Waals surface area contributed by atoms with Crippen molar-refractivity contribution in [2.75, 3.05) is 0 Å². The van der Waals surface area contributed by atoms with Gasteiger partial charge >= 0.3 is 6.18 Å². The summed E-state index contributed by atoms with van der Waals surface area (Å²) in [5.74, 6) is 5.51. The van der Waals surface area contributed by atoms with Crippen LogP contribution in [0.4, 0.5) is 13.2 Å². The van der Waals surface area contributed by atoms with Crippen LogP contribution in [0.2, 0.25) is 0 Å². The molecular weight excluding hydrogens is 219 g/mol. The molecule has 0 aliphatic carbocycles. The van der Waals surface area contributed by atoms with Crippen LogP contribution in [0.25, 0.3) is 0 Å². The molecule has 16 heavy (non-hydrogen) atoms. The minimum Gasteiger partial charge on any atom is -0.379 e. The van der Waals surface area contributed by atoms with Crippen molar-refractivity contribution >= 4 is 0 Å². The Labute approximate surface area is 91.7 Å². The third kappa shape index (κ3) is 3.31. The molecule has 0 radical (unpaired) electrons. The van der Waals surface area contributed by atoms with E-state index in [9.17, 15) is 13.2 Å². The number of aryl methyl sites for hydroxylation is 1. The first kappa shape index (κ1) is 12.7. The summed E-state index contributed by atoms with van der Waals surface area (Å²) in [5, 5.41) is 8.98. The van der Waals surface area contributed by atoms with Gasteiger partial charge in [-0.25, -0.2) is 0 Å². The number of hydrogen-bond acceptors (Lipinski definition) is 1. The second kappa shape index (κ2) is 5.08. The van der Waals surface area contributed by atoms with Crippen molar-refractivity contribution in [3.8, 4) is 11.8 Å². The molecule has 1 N–H and O–H groups in total. The van der Waals surface area contributed by atoms with Crippen LogP contribution in [0.1, 0.15) is 25.0 Å². The first-order chi connectivity index (χ1) is 7.45. The average Bonchev–Trinajstić information content (AvgIpc) is 2.64. The van der Waals surface area contributed by atoms with E-state index in [1.807, 2.05) is 0 Å². The second-order valence-corrected chi connectivity index (χ2v) is 3.30. The summed E-state index contributed by atoms with van der Waals surface area (Å²) in [6.45, 7) is 2.22. The third-order valence-corrected chi connectivity index (χ3v) is 2.07. The molecule has 0 aromatic carbocycles. The summed E-state index contributed by atoms with van der Waals surface area (Å²) in [6, 6.07) is 1.26. The van der Waals surface area contributed by atoms with Crippen molar-refractivity contribution in [2.45, 2.75) is 32.2 Å². The zero-order chi connectivity index (χ0) is 12.2. The molecule has 2 nitrogen and oxygen atoms in total. The molecule has 1 rings (SSSR count). The smallest absolute Gasteiger partial charge is 0.379 e. The maximum atomic E-state index is 12.2. The van der Waals surface area contributed by atoms with Crippen LogP contribution >= 0.6 is 0 Å². The van der Waals surface area contributed by atoms with E-state index in [2.05, 4.69) is 11.8 Å². The van der Waals surface area contributed by atoms with E-state index >= 15 is 0 Å². The third-order valence-electron chi connectivity index (χ3n) is 2.07. The molecule has 0 spiro atoms. The van der Waals surface area contributed by atoms with E-state index < -0.39 is 12.3 Å². The maximum absolute atomic E-state index is 12.2. The lowest BCUT2D eigenvalue weighted by Gasteiger charge is -2.12. The van der Waals surface area contributed by atoms with Crippen molar-refractivity contribution < 1.29 is 18.3 Å². The summed E-state index contributed by atoms with van der Waals surface area (Å²) in [4.78, 5) is 0. The number of alkyl halides is 3. The fraction of sp³-hybridized carbons (Fsp3) is 0.455. The number of aliphatic hydroxyl groups excluding tert-OH is 1. The van der Waals surface area contributed by atoms with Crippen LogP contribution in [0.15, 0.2) is 18.5 Å². The molecule has 88 valence electrons. The Morgan fingerprint density at radius 2 is 2.19 bits per heavy atom. The lowest BCUT2D eigenvalue weighted by molar-refractivity contribution is -0.206. The quantitative estimate of drug-likeness (QED) is 0.794. The predicted octanol–water partition coefficient (Wildman–Crippen LogP) is 2.50. The number of nitrogens with zero attached hydrogens (tertiary/aromatic N) is 1. The molecule has 1 aromatic rings. The average molecular weight is 231 g/mol. The lowest BCUT2D eigenvalue weighted by atomic mass is 10.2. The van der Waals surface area contributed by atoms with Gasteiger partial charge in [-0.2, -0.15) is 13.2 Å². The van der Waals surface area contributed by atoms with Gasteiger partial charge in [-0.05, 0) is 13.0 Å². The number of aromatic nitrogens is 1. The number of hydrogen-bond donors (Lipinski definition) is 1. The van der Waals surface area contributed by atoms with E-state index in [0.717, 1.165) is 0 Å². The van der Waals surface area contributed by atoms with Gasteiger partial charge in [-0.15, -0.1) is 11.8 Å². The maximum Gasteiger partial charge on any atom is 0.418 e. The van der Waals surface area contributed by atoms with E-state index in [4.69, 9.17) is 5.11 Å². The fourth-order valence-corrected chi connectivity index (χ4v) is 1.26. The number of halogens is 3. The Kier molecular flexibility index (Phi) is 4.02. The zero-order valence-electron chi connectivity index (χ0n) is 8.75. The minimum atomic E-state index is -4.62. The molecule has 0 amide bonds. The largest absolute Gasteiger partial charge is 0.418 e. The Bertz CT molecular complexity index is 397. The van der Waals surface area contributed by atoms with Crippen LogP contribution in [0.3, 0.4) is 0 Å². The molecule has 1 heterocycles. The highest BCUT2D eigenvalue weighted by molar-refractivity contribution is 5.15. The van der Waals surface area contributed by atoms with E-state index in [0.29, 0.717) is 13.0 Å². The standard InChI is InChI=1S/C11H12F3NO/c1-2-3-4-6-15-7-5-9(8-15)10(16)11(12,13)14/h5,7-8,10,16H,4,6H2,1H3. The van der Waals surface area contributed by atoms with Crippen molar-refractivity contribution in [3.63, 3.8) is 0 Å². The highest BCUT2D eigenvalue weighted by Gasteiger charge is 2.39. The summed E-state index contributed by atoms with van der Waals surface area (Å²) >= 11 is 0. The Hall–Kier alpha value is -1.41. The zero-order valence-corrected chi connectivity index (χ0v) is 8.75. The van der Waals surface area contributed by atoms with Crippen LogP contribution < -0.4 is 0 Å². The van der Waals surface area contributed by atoms with Crippen molar-refractivity contribution in [3.05, 3.63) is 24.0 Å². The molecule has 1 unspecified atom stereocenters. The Balaban J connectivity index is 2.66. The van der Waals surface area contributed by atoms with Gasteiger partial charge in [-0.1, -0.05) is 0 Å². The molecule has 1 aromatic heterocycles. The van der Waals surface area contributed by atoms with Gasteiger partial charge in [0.1, 0.15) is 0 Å². The minimum absolute atomic E-state index is 0.142. The summed E-state index contributed by atoms with van der Waals surface area (Å²) in [6.07, 6.45) is -3.66. The molecule has 0 aliphatic heterocycles. The SMILES string of the molecule is CC#CCCn1ccc(C(O)C(F)(F)F)c1. The van der Waals surface area contributed by atoms with Crippen LogP contribution in [0, 0.1) is 11.8 Å². The summed E-state index contributed by atoms with van der Waals surface area (Å²) in [7, 11) is 0. The molecule has 1 atom stereocenters. The van der Waals surface area contributed by atoms with E-state index in [1.165, 1.54) is 18.5 Å². The highest BCUT2D eigenvalue weighted by atomic mass is 19.4. The van der Waals surface area contributed by atoms with Crippen molar-refractivity contribution in [1.82, 2.24) is 4.57 Å². The molecular formula is C11H12F3NO. The normalized spacial score (nSPS) is 13.1. The van der Waals surface area contributed by atoms with Gasteiger partial charge in [0.15, 0.2) is 6.10 Å². The van der Waals surface area contributed by atoms with Gasteiger partial charge in [-0.3, -0.25) is 0 Å². The first-order valence-corrected chi connectivity index (χ1v) is 4.75. The molecule has 0 fully saturated rings. The van der Waals surface area contributed by atoms with Gasteiger partial charge in [0, 0.05) is 30.9 Å². The van der Waals surface area contributed by atoms with Crippen LogP contribution in [-0.2, 0) is 6.54 Å². The summed E-state index contributed by atoms with van der Waals surface area (Å²) < 4.78 is 38.1. The molecule has 0 saturated heterocycles. The monoisotopic (exact) mass is 231 g/mol. The molecule has 5 heteroatoms. The predicted molar refractivity (Wildman–Crippen MR) is 53.5 cm³/mol. The first-order valence-electron chi connectivity index (χ1n) is 4.75. The lowest BCUT2D eigenvalue weighted by Crippen LogP contribution is -2.19. The van der Waals surface area contributed by atoms with Crippen molar-refractivity contribution in [1.29, 1.82) is 0 Å². The van der Waals surface area contributed by atoms with Gasteiger partial charge < -0.3 is 9.67 Å². The van der Waals surface area contributed by atoms with Gasteiger partial charge in [0.2, 0.25) is 0 Å². The Morgan fingerprint density at radius 1 is 1.50 bits per heavy atom. The molecule has 0 aliphatic rings. The number of rotatable bonds is 3. The van der Waals surface area contributed by atoms with Crippen LogP contribution in [-0.4, -0.2) is 15.8 Å². The fourth-order valence-electron chi connectivity index (χ4n) is 1.26. The van der Waals surface area contributed by atoms with Crippen LogP contribution in [0.5, 0.6) is 0 Å². The highest BCUT2D eigenvalue weighted by Crippen LogP contribution is 2.32. The van der Waals surface area contributed by atoms with Gasteiger partial charge in [0.25, 0.3) is 0 Å².